The third-order valence-corrected chi connectivity index (χ3v) is 3.11. The van der Waals surface area contributed by atoms with Crippen molar-refractivity contribution >= 4 is 5.91 Å². The topological polar surface area (TPSA) is 51.0 Å². The van der Waals surface area contributed by atoms with Gasteiger partial charge >= 0.3 is 0 Å². The molecule has 0 saturated carbocycles. The van der Waals surface area contributed by atoms with E-state index in [2.05, 4.69) is 10.2 Å². The number of carbonyl (C=O) groups is 1. The van der Waals surface area contributed by atoms with Crippen molar-refractivity contribution in [2.45, 2.75) is 13.1 Å². The summed E-state index contributed by atoms with van der Waals surface area (Å²) in [7, 11) is 0. The van der Waals surface area contributed by atoms with Crippen LogP contribution in [0.25, 0.3) is 0 Å². The Morgan fingerprint density at radius 2 is 2.11 bits per heavy atom. The lowest BCUT2D eigenvalue weighted by Crippen LogP contribution is -2.38. The number of rotatable bonds is 1. The molecule has 1 aliphatic heterocycles. The summed E-state index contributed by atoms with van der Waals surface area (Å²) in [6.07, 6.45) is 1.58. The van der Waals surface area contributed by atoms with Crippen molar-refractivity contribution in [2.24, 2.45) is 0 Å². The summed E-state index contributed by atoms with van der Waals surface area (Å²) < 4.78 is 28.5. The highest BCUT2D eigenvalue weighted by molar-refractivity contribution is 5.94. The molecule has 0 bridgehead atoms. The zero-order valence-corrected chi connectivity index (χ0v) is 9.88. The molecule has 5 nitrogen and oxygen atoms in total. The predicted molar refractivity (Wildman–Crippen MR) is 61.1 cm³/mol. The number of hydrogen-bond acceptors (Lipinski definition) is 3. The first kappa shape index (κ1) is 11.8. The van der Waals surface area contributed by atoms with Gasteiger partial charge in [0.2, 0.25) is 0 Å². The van der Waals surface area contributed by atoms with Crippen LogP contribution >= 0.6 is 0 Å². The molecule has 19 heavy (non-hydrogen) atoms. The second-order valence-corrected chi connectivity index (χ2v) is 4.27. The van der Waals surface area contributed by atoms with Crippen molar-refractivity contribution < 1.29 is 13.6 Å². The van der Waals surface area contributed by atoms with Crippen LogP contribution in [0, 0.1) is 11.6 Å². The van der Waals surface area contributed by atoms with Crippen molar-refractivity contribution in [3.8, 4) is 0 Å². The Kier molecular flexibility index (Phi) is 2.73. The van der Waals surface area contributed by atoms with Gasteiger partial charge in [-0.25, -0.2) is 8.78 Å². The number of nitrogens with zero attached hydrogens (tertiary/aromatic N) is 4. The summed E-state index contributed by atoms with van der Waals surface area (Å²) in [5.74, 6) is -2.03. The van der Waals surface area contributed by atoms with E-state index in [9.17, 15) is 13.6 Å². The number of amides is 1. The highest BCUT2D eigenvalue weighted by atomic mass is 19.2. The van der Waals surface area contributed by atoms with Gasteiger partial charge in [-0.2, -0.15) is 0 Å². The molecule has 0 fully saturated rings. The molecule has 0 saturated heterocycles. The lowest BCUT2D eigenvalue weighted by molar-refractivity contribution is 0.0701. The predicted octanol–water partition coefficient (Wildman–Crippen LogP) is 1.21. The molecule has 2 aromatic rings. The lowest BCUT2D eigenvalue weighted by atomic mass is 10.1. The molecule has 2 heterocycles. The molecule has 0 atom stereocenters. The highest BCUT2D eigenvalue weighted by Gasteiger charge is 2.25. The molecule has 7 heteroatoms. The number of carbonyl (C=O) groups excluding carboxylic acids is 1. The van der Waals surface area contributed by atoms with Gasteiger partial charge in [0, 0.05) is 13.1 Å². The molecule has 1 aromatic heterocycles. The van der Waals surface area contributed by atoms with Gasteiger partial charge in [0.05, 0.1) is 12.1 Å². The number of fused-ring (bicyclic) bond motifs is 1. The fourth-order valence-corrected chi connectivity index (χ4v) is 2.08. The van der Waals surface area contributed by atoms with Crippen molar-refractivity contribution in [3.05, 3.63) is 47.5 Å². The Bertz CT molecular complexity index is 640. The Morgan fingerprint density at radius 3 is 2.95 bits per heavy atom. The molecule has 0 unspecified atom stereocenters. The highest BCUT2D eigenvalue weighted by Crippen LogP contribution is 2.17. The molecule has 1 amide bonds. The molecule has 0 spiro atoms. The van der Waals surface area contributed by atoms with Gasteiger partial charge in [-0.15, -0.1) is 10.2 Å². The third-order valence-electron chi connectivity index (χ3n) is 3.11. The minimum atomic E-state index is -1.11. The number of aromatic nitrogens is 3. The average molecular weight is 264 g/mol. The minimum Gasteiger partial charge on any atom is -0.329 e. The van der Waals surface area contributed by atoms with Crippen molar-refractivity contribution in [1.29, 1.82) is 0 Å². The van der Waals surface area contributed by atoms with Crippen molar-refractivity contribution in [3.63, 3.8) is 0 Å². The standard InChI is InChI=1S/C12H10F2N4O/c13-9-3-1-2-8(11(9)14)12(19)17-4-5-18-7-15-16-10(18)6-17/h1-3,7H,4-6H2. The SMILES string of the molecule is O=C(c1cccc(F)c1F)N1CCn2cnnc2C1. The van der Waals surface area contributed by atoms with Crippen LogP contribution in [0.15, 0.2) is 24.5 Å². The van der Waals surface area contributed by atoms with Gasteiger partial charge in [0.15, 0.2) is 17.5 Å². The summed E-state index contributed by atoms with van der Waals surface area (Å²) in [6.45, 7) is 1.21. The van der Waals surface area contributed by atoms with E-state index in [1.165, 1.54) is 17.0 Å². The maximum absolute atomic E-state index is 13.6. The smallest absolute Gasteiger partial charge is 0.257 e. The number of benzene rings is 1. The van der Waals surface area contributed by atoms with E-state index in [1.54, 1.807) is 6.33 Å². The maximum Gasteiger partial charge on any atom is 0.257 e. The molecular formula is C12H10F2N4O. The van der Waals surface area contributed by atoms with E-state index >= 15 is 0 Å². The summed E-state index contributed by atoms with van der Waals surface area (Å²) >= 11 is 0. The summed E-state index contributed by atoms with van der Waals surface area (Å²) in [5.41, 5.74) is -0.257. The summed E-state index contributed by atoms with van der Waals surface area (Å²) in [4.78, 5) is 13.6. The molecule has 1 aromatic carbocycles. The second kappa shape index (κ2) is 4.42. The molecule has 3 rings (SSSR count). The van der Waals surface area contributed by atoms with Gasteiger partial charge in [0.1, 0.15) is 6.33 Å². The fourth-order valence-electron chi connectivity index (χ4n) is 2.08. The summed E-state index contributed by atoms with van der Waals surface area (Å²) in [6, 6.07) is 3.58. The Hall–Kier alpha value is -2.31. The van der Waals surface area contributed by atoms with Crippen LogP contribution in [0.3, 0.4) is 0 Å². The van der Waals surface area contributed by atoms with Gasteiger partial charge in [0.25, 0.3) is 5.91 Å². The van der Waals surface area contributed by atoms with Gasteiger partial charge in [-0.3, -0.25) is 4.79 Å². The first-order chi connectivity index (χ1) is 9.16. The molecule has 0 aliphatic carbocycles. The largest absolute Gasteiger partial charge is 0.329 e. The van der Waals surface area contributed by atoms with Crippen LogP contribution in [-0.2, 0) is 13.1 Å². The normalized spacial score (nSPS) is 14.3. The molecule has 1 aliphatic rings. The third kappa shape index (κ3) is 1.96. The first-order valence-corrected chi connectivity index (χ1v) is 5.77. The van der Waals surface area contributed by atoms with E-state index in [0.717, 1.165) is 6.07 Å². The van der Waals surface area contributed by atoms with Crippen molar-refractivity contribution in [1.82, 2.24) is 19.7 Å². The van der Waals surface area contributed by atoms with Gasteiger partial charge in [-0.05, 0) is 12.1 Å². The zero-order valence-electron chi connectivity index (χ0n) is 9.88. The Labute approximate surface area is 107 Å². The molecule has 98 valence electrons. The minimum absolute atomic E-state index is 0.245. The van der Waals surface area contributed by atoms with Crippen LogP contribution in [0.5, 0.6) is 0 Å². The van der Waals surface area contributed by atoms with E-state index in [1.807, 2.05) is 4.57 Å². The van der Waals surface area contributed by atoms with Crippen LogP contribution in [0.1, 0.15) is 16.2 Å². The number of hydrogen-bond donors (Lipinski definition) is 0. The first-order valence-electron chi connectivity index (χ1n) is 5.77. The lowest BCUT2D eigenvalue weighted by Gasteiger charge is -2.27. The average Bonchev–Trinajstić information content (AvgIpc) is 2.88. The Balaban J connectivity index is 1.88. The fraction of sp³-hybridized carbons (Fsp3) is 0.250. The second-order valence-electron chi connectivity index (χ2n) is 4.27. The van der Waals surface area contributed by atoms with Gasteiger partial charge in [-0.1, -0.05) is 6.07 Å². The monoisotopic (exact) mass is 264 g/mol. The maximum atomic E-state index is 13.6. The van der Waals surface area contributed by atoms with E-state index in [0.29, 0.717) is 18.9 Å². The molecule has 0 radical (unpaired) electrons. The van der Waals surface area contributed by atoms with Crippen LogP contribution < -0.4 is 0 Å². The molecule has 0 N–H and O–H groups in total. The number of halogens is 2. The molecular weight excluding hydrogens is 254 g/mol. The summed E-state index contributed by atoms with van der Waals surface area (Å²) in [5, 5.41) is 7.62. The van der Waals surface area contributed by atoms with E-state index in [4.69, 9.17) is 0 Å². The van der Waals surface area contributed by atoms with E-state index in [-0.39, 0.29) is 12.1 Å². The van der Waals surface area contributed by atoms with Crippen LogP contribution in [-0.4, -0.2) is 32.1 Å². The Morgan fingerprint density at radius 1 is 1.26 bits per heavy atom. The quantitative estimate of drug-likeness (QED) is 0.778. The zero-order chi connectivity index (χ0) is 13.4. The van der Waals surface area contributed by atoms with E-state index < -0.39 is 17.5 Å². The van der Waals surface area contributed by atoms with Crippen LogP contribution in [0.2, 0.25) is 0 Å². The van der Waals surface area contributed by atoms with Gasteiger partial charge < -0.3 is 9.47 Å². The van der Waals surface area contributed by atoms with Crippen LogP contribution in [0.4, 0.5) is 8.78 Å². The van der Waals surface area contributed by atoms with Crippen molar-refractivity contribution in [2.75, 3.05) is 6.54 Å².